The number of carbonyl (C=O) groups excluding carboxylic acids is 2. The second-order valence-electron chi connectivity index (χ2n) is 3.44. The fourth-order valence-corrected chi connectivity index (χ4v) is 1.38. The third kappa shape index (κ3) is 2.70. The number of hydrogen-bond donors (Lipinski definition) is 2. The maximum absolute atomic E-state index is 11.7. The molecule has 5 nitrogen and oxygen atoms in total. The molecule has 0 aromatic carbocycles. The normalized spacial score (nSPS) is 19.9. The minimum absolute atomic E-state index is 0.0254. The topological polar surface area (TPSA) is 61.4 Å². The van der Waals surface area contributed by atoms with Gasteiger partial charge < -0.3 is 15.5 Å². The van der Waals surface area contributed by atoms with Crippen molar-refractivity contribution in [2.75, 3.05) is 26.7 Å². The van der Waals surface area contributed by atoms with Crippen LogP contribution in [-0.4, -0.2) is 49.4 Å². The molecule has 0 radical (unpaired) electrons. The molecule has 0 spiro atoms. The van der Waals surface area contributed by atoms with Crippen LogP contribution in [0.25, 0.3) is 0 Å². The van der Waals surface area contributed by atoms with E-state index in [1.54, 1.807) is 11.9 Å². The van der Waals surface area contributed by atoms with E-state index >= 15 is 0 Å². The van der Waals surface area contributed by atoms with Crippen molar-refractivity contribution in [2.45, 2.75) is 19.4 Å². The Morgan fingerprint density at radius 3 is 2.93 bits per heavy atom. The zero-order valence-corrected chi connectivity index (χ0v) is 8.67. The van der Waals surface area contributed by atoms with Crippen molar-refractivity contribution in [1.29, 1.82) is 0 Å². The fraction of sp³-hybridized carbons (Fsp3) is 0.778. The van der Waals surface area contributed by atoms with Crippen LogP contribution in [0.1, 0.15) is 13.3 Å². The maximum Gasteiger partial charge on any atom is 0.239 e. The molecular formula is C9H17N3O2. The van der Waals surface area contributed by atoms with Crippen LogP contribution >= 0.6 is 0 Å². The van der Waals surface area contributed by atoms with Gasteiger partial charge in [0.2, 0.25) is 11.8 Å². The number of carbonyl (C=O) groups is 2. The van der Waals surface area contributed by atoms with E-state index in [0.29, 0.717) is 26.1 Å². The minimum Gasteiger partial charge on any atom is -0.354 e. The summed E-state index contributed by atoms with van der Waals surface area (Å²) in [4.78, 5) is 24.5. The Morgan fingerprint density at radius 2 is 2.29 bits per heavy atom. The molecule has 0 aromatic heterocycles. The molecule has 5 heteroatoms. The van der Waals surface area contributed by atoms with Gasteiger partial charge in [0, 0.05) is 26.1 Å². The van der Waals surface area contributed by atoms with Crippen molar-refractivity contribution >= 4 is 11.8 Å². The third-order valence-electron chi connectivity index (χ3n) is 2.43. The van der Waals surface area contributed by atoms with Crippen molar-refractivity contribution in [3.63, 3.8) is 0 Å². The zero-order valence-electron chi connectivity index (χ0n) is 8.67. The predicted molar refractivity (Wildman–Crippen MR) is 52.7 cm³/mol. The molecule has 1 aliphatic rings. The zero-order chi connectivity index (χ0) is 10.6. The number of hydrogen-bond acceptors (Lipinski definition) is 3. The third-order valence-corrected chi connectivity index (χ3v) is 2.43. The number of amides is 2. The molecule has 0 aromatic rings. The summed E-state index contributed by atoms with van der Waals surface area (Å²) in [5, 5.41) is 5.63. The molecule has 80 valence electrons. The van der Waals surface area contributed by atoms with Gasteiger partial charge in [0.1, 0.15) is 0 Å². The van der Waals surface area contributed by atoms with Gasteiger partial charge in [-0.1, -0.05) is 0 Å². The van der Waals surface area contributed by atoms with Crippen LogP contribution in [0.3, 0.4) is 0 Å². The summed E-state index contributed by atoms with van der Waals surface area (Å²) < 4.78 is 0. The Kier molecular flexibility index (Phi) is 3.88. The van der Waals surface area contributed by atoms with Crippen molar-refractivity contribution < 1.29 is 9.59 Å². The summed E-state index contributed by atoms with van der Waals surface area (Å²) in [6.45, 7) is 3.51. The molecule has 2 amide bonds. The summed E-state index contributed by atoms with van der Waals surface area (Å²) >= 11 is 0. The summed E-state index contributed by atoms with van der Waals surface area (Å²) in [5.74, 6) is 0.0846. The number of nitrogens with zero attached hydrogens (tertiary/aromatic N) is 1. The molecule has 1 heterocycles. The quantitative estimate of drug-likeness (QED) is 0.596. The Hall–Kier alpha value is -1.10. The molecule has 0 saturated carbocycles. The highest BCUT2D eigenvalue weighted by Crippen LogP contribution is 1.99. The van der Waals surface area contributed by atoms with Crippen LogP contribution < -0.4 is 10.6 Å². The van der Waals surface area contributed by atoms with E-state index in [4.69, 9.17) is 0 Å². The van der Waals surface area contributed by atoms with Gasteiger partial charge in [0.15, 0.2) is 0 Å². The molecule has 1 aliphatic heterocycles. The first-order valence-corrected chi connectivity index (χ1v) is 4.88. The van der Waals surface area contributed by atoms with Gasteiger partial charge in [-0.2, -0.15) is 0 Å². The highest BCUT2D eigenvalue weighted by molar-refractivity contribution is 5.83. The first-order valence-electron chi connectivity index (χ1n) is 4.88. The predicted octanol–water partition coefficient (Wildman–Crippen LogP) is -1.06. The van der Waals surface area contributed by atoms with Crippen molar-refractivity contribution in [2.24, 2.45) is 0 Å². The summed E-state index contributed by atoms with van der Waals surface area (Å²) in [6, 6.07) is -0.178. The average molecular weight is 199 g/mol. The molecular weight excluding hydrogens is 182 g/mol. The second-order valence-corrected chi connectivity index (χ2v) is 3.44. The van der Waals surface area contributed by atoms with E-state index in [1.807, 2.05) is 6.92 Å². The van der Waals surface area contributed by atoms with Gasteiger partial charge >= 0.3 is 0 Å². The SMILES string of the molecule is CNC(C)C(=O)N1CCNC(=O)CC1. The summed E-state index contributed by atoms with van der Waals surface area (Å²) in [6.07, 6.45) is 0.405. The van der Waals surface area contributed by atoms with Crippen LogP contribution in [0, 0.1) is 0 Å². The molecule has 1 rings (SSSR count). The van der Waals surface area contributed by atoms with E-state index in [0.717, 1.165) is 0 Å². The summed E-state index contributed by atoms with van der Waals surface area (Å²) in [7, 11) is 1.75. The largest absolute Gasteiger partial charge is 0.354 e. The number of likely N-dealkylation sites (N-methyl/N-ethyl adjacent to an activating group) is 1. The minimum atomic E-state index is -0.178. The van der Waals surface area contributed by atoms with Gasteiger partial charge in [0.05, 0.1) is 6.04 Å². The molecule has 1 atom stereocenters. The van der Waals surface area contributed by atoms with Gasteiger partial charge in [0.25, 0.3) is 0 Å². The standard InChI is InChI=1S/C9H17N3O2/c1-7(10-2)9(14)12-5-3-8(13)11-4-6-12/h7,10H,3-6H2,1-2H3,(H,11,13). The van der Waals surface area contributed by atoms with E-state index in [2.05, 4.69) is 10.6 Å². The monoisotopic (exact) mass is 199 g/mol. The molecule has 1 fully saturated rings. The highest BCUT2D eigenvalue weighted by atomic mass is 16.2. The second kappa shape index (κ2) is 4.95. The number of nitrogens with one attached hydrogen (secondary N) is 2. The lowest BCUT2D eigenvalue weighted by molar-refractivity contribution is -0.132. The molecule has 0 aliphatic carbocycles. The first-order chi connectivity index (χ1) is 6.65. The Balaban J connectivity index is 2.51. The molecule has 14 heavy (non-hydrogen) atoms. The van der Waals surface area contributed by atoms with Crippen molar-refractivity contribution in [3.05, 3.63) is 0 Å². The van der Waals surface area contributed by atoms with Crippen LogP contribution in [0.5, 0.6) is 0 Å². The van der Waals surface area contributed by atoms with E-state index < -0.39 is 0 Å². The van der Waals surface area contributed by atoms with Crippen LogP contribution in [0.4, 0.5) is 0 Å². The van der Waals surface area contributed by atoms with Gasteiger partial charge in [-0.15, -0.1) is 0 Å². The molecule has 2 N–H and O–H groups in total. The Bertz CT molecular complexity index is 230. The smallest absolute Gasteiger partial charge is 0.239 e. The van der Waals surface area contributed by atoms with Crippen LogP contribution in [0.15, 0.2) is 0 Å². The fourth-order valence-electron chi connectivity index (χ4n) is 1.38. The molecule has 1 saturated heterocycles. The van der Waals surface area contributed by atoms with Gasteiger partial charge in [-0.3, -0.25) is 9.59 Å². The lowest BCUT2D eigenvalue weighted by atomic mass is 10.2. The van der Waals surface area contributed by atoms with Gasteiger partial charge in [-0.25, -0.2) is 0 Å². The van der Waals surface area contributed by atoms with Crippen molar-refractivity contribution in [3.8, 4) is 0 Å². The molecule has 1 unspecified atom stereocenters. The Labute approximate surface area is 83.8 Å². The summed E-state index contributed by atoms with van der Waals surface area (Å²) in [5.41, 5.74) is 0. The maximum atomic E-state index is 11.7. The number of rotatable bonds is 2. The molecule has 0 bridgehead atoms. The lowest BCUT2D eigenvalue weighted by Gasteiger charge is -2.22. The van der Waals surface area contributed by atoms with Gasteiger partial charge in [-0.05, 0) is 14.0 Å². The van der Waals surface area contributed by atoms with E-state index in [-0.39, 0.29) is 17.9 Å². The first kappa shape index (κ1) is 11.0. The highest BCUT2D eigenvalue weighted by Gasteiger charge is 2.21. The average Bonchev–Trinajstić information content (AvgIpc) is 2.40. The van der Waals surface area contributed by atoms with Crippen molar-refractivity contribution in [1.82, 2.24) is 15.5 Å². The van der Waals surface area contributed by atoms with E-state index in [1.165, 1.54) is 0 Å². The lowest BCUT2D eigenvalue weighted by Crippen LogP contribution is -2.44. The van der Waals surface area contributed by atoms with Crippen LogP contribution in [0.2, 0.25) is 0 Å². The van der Waals surface area contributed by atoms with E-state index in [9.17, 15) is 9.59 Å². The van der Waals surface area contributed by atoms with Crippen LogP contribution in [-0.2, 0) is 9.59 Å². The Morgan fingerprint density at radius 1 is 1.57 bits per heavy atom.